The number of ether oxygens (including phenoxy) is 7. The lowest BCUT2D eigenvalue weighted by Crippen LogP contribution is -2.44. The number of rotatable bonds is 14. The van der Waals surface area contributed by atoms with Crippen LogP contribution in [0.25, 0.3) is 6.08 Å². The van der Waals surface area contributed by atoms with Crippen molar-refractivity contribution < 1.29 is 37.6 Å². The first-order valence-corrected chi connectivity index (χ1v) is 15.5. The molecule has 0 saturated heterocycles. The van der Waals surface area contributed by atoms with E-state index in [1.807, 2.05) is 36.4 Å². The normalized spacial score (nSPS) is 11.7. The smallest absolute Gasteiger partial charge is 0.250 e. The van der Waals surface area contributed by atoms with Crippen molar-refractivity contribution in [1.82, 2.24) is 0 Å². The van der Waals surface area contributed by atoms with Crippen LogP contribution in [-0.2, 0) is 18.9 Å². The highest BCUT2D eigenvalue weighted by molar-refractivity contribution is 6.74. The Morgan fingerprint density at radius 3 is 2.08 bits per heavy atom. The van der Waals surface area contributed by atoms with Crippen molar-refractivity contribution >= 4 is 14.4 Å². The maximum Gasteiger partial charge on any atom is 0.250 e. The molecule has 0 aromatic heterocycles. The van der Waals surface area contributed by atoms with Gasteiger partial charge in [-0.25, -0.2) is 0 Å². The molecule has 0 fully saturated rings. The Hall–Kier alpha value is -3.00. The summed E-state index contributed by atoms with van der Waals surface area (Å²) in [5.74, 6) is 8.85. The molecule has 0 amide bonds. The van der Waals surface area contributed by atoms with E-state index in [9.17, 15) is 0 Å². The molecule has 214 valence electrons. The standard InChI is InChI=1S/C30H42O8Si/c1-30(2,3)39(8,9)38-29-25(14-12-23-13-15-26(36-21-32-5)27(18-23)34-7)17-24(11-10-16-35-20-31-4)19-28(29)37-22-33-6/h10-11,13,15,17-19H,16,20-22H2,1-9H3/b11-10+. The van der Waals surface area contributed by atoms with Crippen LogP contribution in [0.15, 0.2) is 36.4 Å². The first kappa shape index (κ1) is 32.2. The second kappa shape index (κ2) is 15.6. The SMILES string of the molecule is COCOC/C=C/c1cc(C#Cc2ccc(OCOC)c(OC)c2)c(O[Si](C)(C)C(C)(C)C)c(OCOC)c1. The molecule has 0 spiro atoms. The second-order valence-electron chi connectivity index (χ2n) is 10.2. The number of methoxy groups -OCH3 is 4. The summed E-state index contributed by atoms with van der Waals surface area (Å²) in [6, 6.07) is 9.40. The Bertz CT molecular complexity index is 1140. The van der Waals surface area contributed by atoms with E-state index in [-0.39, 0.29) is 25.4 Å². The summed E-state index contributed by atoms with van der Waals surface area (Å²) in [4.78, 5) is 0. The van der Waals surface area contributed by atoms with Crippen LogP contribution >= 0.6 is 0 Å². The molecule has 0 aliphatic heterocycles. The lowest BCUT2D eigenvalue weighted by atomic mass is 10.1. The van der Waals surface area contributed by atoms with Gasteiger partial charge in [0.25, 0.3) is 8.32 Å². The maximum absolute atomic E-state index is 6.77. The van der Waals surface area contributed by atoms with Gasteiger partial charge < -0.3 is 37.6 Å². The molecule has 0 aliphatic carbocycles. The van der Waals surface area contributed by atoms with E-state index in [0.717, 1.165) is 11.1 Å². The molecule has 0 N–H and O–H groups in total. The third kappa shape index (κ3) is 9.91. The van der Waals surface area contributed by atoms with Gasteiger partial charge in [0.2, 0.25) is 0 Å². The second-order valence-corrected chi connectivity index (χ2v) is 14.9. The van der Waals surface area contributed by atoms with E-state index in [1.54, 1.807) is 34.5 Å². The van der Waals surface area contributed by atoms with Gasteiger partial charge in [-0.05, 0) is 54.0 Å². The van der Waals surface area contributed by atoms with E-state index in [0.29, 0.717) is 35.2 Å². The van der Waals surface area contributed by atoms with Crippen LogP contribution in [0.5, 0.6) is 23.0 Å². The fourth-order valence-corrected chi connectivity index (χ4v) is 4.09. The van der Waals surface area contributed by atoms with Gasteiger partial charge in [0.05, 0.1) is 19.3 Å². The molecule has 39 heavy (non-hydrogen) atoms. The fraction of sp³-hybridized carbons (Fsp3) is 0.467. The van der Waals surface area contributed by atoms with Crippen molar-refractivity contribution in [2.24, 2.45) is 0 Å². The van der Waals surface area contributed by atoms with Crippen LogP contribution < -0.4 is 18.6 Å². The third-order valence-corrected chi connectivity index (χ3v) is 10.5. The van der Waals surface area contributed by atoms with Crippen LogP contribution in [0.1, 0.15) is 37.5 Å². The molecule has 0 unspecified atom stereocenters. The molecule has 2 rings (SSSR count). The van der Waals surface area contributed by atoms with E-state index in [1.165, 1.54) is 0 Å². The number of hydrogen-bond acceptors (Lipinski definition) is 8. The van der Waals surface area contributed by atoms with E-state index in [2.05, 4.69) is 45.7 Å². The molecule has 0 bridgehead atoms. The Labute approximate surface area is 234 Å². The van der Waals surface area contributed by atoms with Gasteiger partial charge in [0.15, 0.2) is 36.6 Å². The quantitative estimate of drug-likeness (QED) is 0.120. The van der Waals surface area contributed by atoms with E-state index >= 15 is 0 Å². The van der Waals surface area contributed by atoms with Crippen LogP contribution in [-0.4, -0.2) is 63.7 Å². The van der Waals surface area contributed by atoms with Gasteiger partial charge in [-0.15, -0.1) is 0 Å². The van der Waals surface area contributed by atoms with Crippen molar-refractivity contribution in [3.63, 3.8) is 0 Å². The lowest BCUT2D eigenvalue weighted by molar-refractivity contribution is -0.0184. The average molecular weight is 559 g/mol. The lowest BCUT2D eigenvalue weighted by Gasteiger charge is -2.37. The van der Waals surface area contributed by atoms with Crippen LogP contribution in [0.4, 0.5) is 0 Å². The molecule has 0 atom stereocenters. The average Bonchev–Trinajstić information content (AvgIpc) is 2.90. The minimum Gasteiger partial charge on any atom is -0.540 e. The van der Waals surface area contributed by atoms with Crippen LogP contribution in [0, 0.1) is 11.8 Å². The molecule has 0 aliphatic rings. The molecule has 0 radical (unpaired) electrons. The van der Waals surface area contributed by atoms with Crippen molar-refractivity contribution in [3.8, 4) is 34.8 Å². The van der Waals surface area contributed by atoms with Gasteiger partial charge in [-0.2, -0.15) is 0 Å². The Morgan fingerprint density at radius 1 is 0.795 bits per heavy atom. The van der Waals surface area contributed by atoms with E-state index < -0.39 is 8.32 Å². The molecule has 8 nitrogen and oxygen atoms in total. The predicted octanol–water partition coefficient (Wildman–Crippen LogP) is 6.08. The summed E-state index contributed by atoms with van der Waals surface area (Å²) in [5, 5.41) is -0.0289. The summed E-state index contributed by atoms with van der Waals surface area (Å²) >= 11 is 0. The first-order valence-electron chi connectivity index (χ1n) is 12.6. The molecule has 0 saturated carbocycles. The van der Waals surface area contributed by atoms with Gasteiger partial charge in [-0.3, -0.25) is 0 Å². The summed E-state index contributed by atoms with van der Waals surface area (Å²) < 4.78 is 44.3. The van der Waals surface area contributed by atoms with Crippen molar-refractivity contribution in [2.45, 2.75) is 38.9 Å². The largest absolute Gasteiger partial charge is 0.540 e. The van der Waals surface area contributed by atoms with Gasteiger partial charge >= 0.3 is 0 Å². The van der Waals surface area contributed by atoms with Crippen molar-refractivity contribution in [3.05, 3.63) is 53.1 Å². The Balaban J connectivity index is 2.60. The highest BCUT2D eigenvalue weighted by Crippen LogP contribution is 2.42. The summed E-state index contributed by atoms with van der Waals surface area (Å²) in [6.45, 7) is 11.8. The van der Waals surface area contributed by atoms with Crippen LogP contribution in [0.2, 0.25) is 18.1 Å². The summed E-state index contributed by atoms with van der Waals surface area (Å²) in [6.07, 6.45) is 3.85. The zero-order valence-electron chi connectivity index (χ0n) is 24.6. The molecule has 9 heteroatoms. The highest BCUT2D eigenvalue weighted by atomic mass is 28.4. The van der Waals surface area contributed by atoms with Crippen molar-refractivity contribution in [1.29, 1.82) is 0 Å². The van der Waals surface area contributed by atoms with Gasteiger partial charge in [0, 0.05) is 26.9 Å². The zero-order chi connectivity index (χ0) is 28.9. The zero-order valence-corrected chi connectivity index (χ0v) is 25.6. The number of benzene rings is 2. The third-order valence-electron chi connectivity index (χ3n) is 6.14. The summed E-state index contributed by atoms with van der Waals surface area (Å²) in [7, 11) is 4.09. The first-order chi connectivity index (χ1) is 18.6. The molecule has 2 aromatic rings. The monoisotopic (exact) mass is 558 g/mol. The Kier molecular flexibility index (Phi) is 12.8. The van der Waals surface area contributed by atoms with Crippen molar-refractivity contribution in [2.75, 3.05) is 55.4 Å². The topological polar surface area (TPSA) is 73.8 Å². The Morgan fingerprint density at radius 2 is 1.46 bits per heavy atom. The number of hydrogen-bond donors (Lipinski definition) is 0. The maximum atomic E-state index is 6.77. The van der Waals surface area contributed by atoms with Gasteiger partial charge in [-0.1, -0.05) is 44.8 Å². The molecule has 0 heterocycles. The fourth-order valence-electron chi connectivity index (χ4n) is 3.07. The molecule has 2 aromatic carbocycles. The van der Waals surface area contributed by atoms with Gasteiger partial charge in [0.1, 0.15) is 6.79 Å². The van der Waals surface area contributed by atoms with E-state index in [4.69, 9.17) is 37.6 Å². The minimum absolute atomic E-state index is 0.0289. The molecular formula is C30H42O8Si. The highest BCUT2D eigenvalue weighted by Gasteiger charge is 2.40. The van der Waals surface area contributed by atoms with Crippen LogP contribution in [0.3, 0.4) is 0 Å². The summed E-state index contributed by atoms with van der Waals surface area (Å²) in [5.41, 5.74) is 2.34. The predicted molar refractivity (Wildman–Crippen MR) is 155 cm³/mol. The molecular weight excluding hydrogens is 516 g/mol. The minimum atomic E-state index is -2.24.